The molecule has 0 spiro atoms. The minimum atomic E-state index is -0.828. The molecular weight excluding hydrogens is 482 g/mol. The van der Waals surface area contributed by atoms with E-state index in [0.29, 0.717) is 16.1 Å². The zero-order chi connectivity index (χ0) is 25.8. The monoisotopic (exact) mass is 503 g/mol. The number of nitro benzene ring substituents is 1. The van der Waals surface area contributed by atoms with Crippen molar-refractivity contribution in [3.05, 3.63) is 99.7 Å². The van der Waals surface area contributed by atoms with Gasteiger partial charge >= 0.3 is 11.9 Å². The number of carbonyl (C=O) groups is 2. The summed E-state index contributed by atoms with van der Waals surface area (Å²) >= 11 is 1.35. The number of esters is 2. The molecule has 0 radical (unpaired) electrons. The number of hydrogen-bond acceptors (Lipinski definition) is 8. The van der Waals surface area contributed by atoms with Crippen molar-refractivity contribution >= 4 is 29.4 Å². The Morgan fingerprint density at radius 2 is 1.61 bits per heavy atom. The number of nitro groups is 1. The van der Waals surface area contributed by atoms with Gasteiger partial charge in [-0.1, -0.05) is 47.7 Å². The molecule has 9 nitrogen and oxygen atoms in total. The van der Waals surface area contributed by atoms with Crippen LogP contribution in [0.4, 0.5) is 5.69 Å². The summed E-state index contributed by atoms with van der Waals surface area (Å²) in [6.45, 7) is 1.97. The van der Waals surface area contributed by atoms with Gasteiger partial charge in [-0.15, -0.1) is 0 Å². The molecule has 4 rings (SSSR count). The van der Waals surface area contributed by atoms with E-state index in [1.54, 1.807) is 36.4 Å². The van der Waals surface area contributed by atoms with Crippen LogP contribution in [0.2, 0.25) is 0 Å². The number of rotatable bonds is 7. The molecule has 0 bridgehead atoms. The fourth-order valence-electron chi connectivity index (χ4n) is 3.58. The maximum absolute atomic E-state index is 13.0. The average Bonchev–Trinajstić information content (AvgIpc) is 3.30. The fourth-order valence-corrected chi connectivity index (χ4v) is 4.51. The van der Waals surface area contributed by atoms with E-state index in [1.165, 1.54) is 42.8 Å². The van der Waals surface area contributed by atoms with Gasteiger partial charge in [-0.25, -0.2) is 14.3 Å². The van der Waals surface area contributed by atoms with Gasteiger partial charge in [-0.3, -0.25) is 10.1 Å². The van der Waals surface area contributed by atoms with Crippen LogP contribution in [0.5, 0.6) is 0 Å². The Balaban J connectivity index is 2.02. The highest BCUT2D eigenvalue weighted by Crippen LogP contribution is 2.40. The first-order valence-corrected chi connectivity index (χ1v) is 11.5. The summed E-state index contributed by atoms with van der Waals surface area (Å²) in [5.74, 6) is -1.64. The number of para-hydroxylation sites is 1. The Morgan fingerprint density at radius 1 is 0.944 bits per heavy atom. The molecule has 36 heavy (non-hydrogen) atoms. The van der Waals surface area contributed by atoms with E-state index in [-0.39, 0.29) is 22.6 Å². The number of aryl methyl sites for hydroxylation is 1. The summed E-state index contributed by atoms with van der Waals surface area (Å²) in [4.78, 5) is 38.4. The molecule has 0 atom stereocenters. The molecular formula is C26H21N3O6S. The largest absolute Gasteiger partial charge is 0.465 e. The lowest BCUT2D eigenvalue weighted by atomic mass is 10.0. The molecule has 1 aromatic heterocycles. The second-order valence-electron chi connectivity index (χ2n) is 7.66. The van der Waals surface area contributed by atoms with Crippen LogP contribution in [-0.2, 0) is 9.47 Å². The normalized spacial score (nSPS) is 10.6. The summed E-state index contributed by atoms with van der Waals surface area (Å²) in [6, 6.07) is 20.8. The van der Waals surface area contributed by atoms with Crippen molar-refractivity contribution in [3.8, 4) is 16.9 Å². The first-order valence-electron chi connectivity index (χ1n) is 10.7. The lowest BCUT2D eigenvalue weighted by molar-refractivity contribution is -0.384. The molecule has 0 unspecified atom stereocenters. The van der Waals surface area contributed by atoms with Gasteiger partial charge in [0.05, 0.1) is 24.8 Å². The molecule has 182 valence electrons. The van der Waals surface area contributed by atoms with E-state index in [9.17, 15) is 19.7 Å². The number of non-ortho nitro benzene ring substituents is 1. The van der Waals surface area contributed by atoms with Gasteiger partial charge in [0.2, 0.25) is 0 Å². The number of carbonyl (C=O) groups excluding carboxylic acids is 2. The van der Waals surface area contributed by atoms with Gasteiger partial charge in [0, 0.05) is 27.5 Å². The van der Waals surface area contributed by atoms with Gasteiger partial charge in [0.1, 0.15) is 11.3 Å². The molecule has 0 aliphatic rings. The Kier molecular flexibility index (Phi) is 7.16. The van der Waals surface area contributed by atoms with Gasteiger partial charge < -0.3 is 9.47 Å². The minimum absolute atomic E-state index is 0.0596. The van der Waals surface area contributed by atoms with Crippen molar-refractivity contribution < 1.29 is 24.0 Å². The van der Waals surface area contributed by atoms with Crippen LogP contribution in [0.1, 0.15) is 26.4 Å². The standard InChI is InChI=1S/C26H21N3O6S/c1-16-9-12-19(13-10-16)36-21-14-11-18(29(32)33)15-20(21)23-22(25(30)34-2)24(26(31)35-3)28(27-23)17-7-5-4-6-8-17/h4-15H,1-3H3. The first-order chi connectivity index (χ1) is 17.3. The number of nitrogens with zero attached hydrogens (tertiary/aromatic N) is 3. The van der Waals surface area contributed by atoms with Crippen LogP contribution in [-0.4, -0.2) is 40.9 Å². The SMILES string of the molecule is COC(=O)c1c(-c2cc([N+](=O)[O-])ccc2Sc2ccc(C)cc2)nn(-c2ccccc2)c1C(=O)OC. The second kappa shape index (κ2) is 10.4. The zero-order valence-electron chi connectivity index (χ0n) is 19.6. The van der Waals surface area contributed by atoms with Crippen molar-refractivity contribution in [1.82, 2.24) is 9.78 Å². The van der Waals surface area contributed by atoms with Crippen molar-refractivity contribution in [3.63, 3.8) is 0 Å². The smallest absolute Gasteiger partial charge is 0.357 e. The average molecular weight is 504 g/mol. The molecule has 0 saturated heterocycles. The number of benzene rings is 3. The number of ether oxygens (including phenoxy) is 2. The molecule has 10 heteroatoms. The van der Waals surface area contributed by atoms with Crippen molar-refractivity contribution in [2.45, 2.75) is 16.7 Å². The predicted molar refractivity (Wildman–Crippen MR) is 134 cm³/mol. The Morgan fingerprint density at radius 3 is 2.22 bits per heavy atom. The van der Waals surface area contributed by atoms with Crippen molar-refractivity contribution in [2.24, 2.45) is 0 Å². The quantitative estimate of drug-likeness (QED) is 0.185. The molecule has 0 aliphatic carbocycles. The molecule has 4 aromatic rings. The molecule has 0 saturated carbocycles. The van der Waals surface area contributed by atoms with Gasteiger partial charge in [0.15, 0.2) is 5.69 Å². The van der Waals surface area contributed by atoms with Crippen LogP contribution in [0.15, 0.2) is 82.6 Å². The number of aromatic nitrogens is 2. The highest BCUT2D eigenvalue weighted by atomic mass is 32.2. The van der Waals surface area contributed by atoms with Gasteiger partial charge in [-0.2, -0.15) is 5.10 Å². The summed E-state index contributed by atoms with van der Waals surface area (Å²) < 4.78 is 11.2. The lowest BCUT2D eigenvalue weighted by Crippen LogP contribution is -2.15. The Labute approximate surface area is 210 Å². The fraction of sp³-hybridized carbons (Fsp3) is 0.115. The van der Waals surface area contributed by atoms with E-state index in [4.69, 9.17) is 9.47 Å². The predicted octanol–water partition coefficient (Wildman–Crippen LogP) is 5.48. The molecule has 3 aromatic carbocycles. The maximum Gasteiger partial charge on any atom is 0.357 e. The topological polar surface area (TPSA) is 114 Å². The minimum Gasteiger partial charge on any atom is -0.465 e. The molecule has 0 N–H and O–H groups in total. The van der Waals surface area contributed by atoms with Crippen LogP contribution in [0.3, 0.4) is 0 Å². The zero-order valence-corrected chi connectivity index (χ0v) is 20.4. The molecule has 0 aliphatic heterocycles. The summed E-state index contributed by atoms with van der Waals surface area (Å²) in [5, 5.41) is 16.2. The maximum atomic E-state index is 13.0. The summed E-state index contributed by atoms with van der Waals surface area (Å²) in [5.41, 5.74) is 1.44. The van der Waals surface area contributed by atoms with Crippen LogP contribution >= 0.6 is 11.8 Å². The van der Waals surface area contributed by atoms with Crippen LogP contribution in [0, 0.1) is 17.0 Å². The van der Waals surface area contributed by atoms with E-state index < -0.39 is 16.9 Å². The second-order valence-corrected chi connectivity index (χ2v) is 8.77. The van der Waals surface area contributed by atoms with Crippen molar-refractivity contribution in [2.75, 3.05) is 14.2 Å². The highest BCUT2D eigenvalue weighted by molar-refractivity contribution is 7.99. The molecule has 1 heterocycles. The van der Waals surface area contributed by atoms with Crippen LogP contribution < -0.4 is 0 Å². The van der Waals surface area contributed by atoms with Gasteiger partial charge in [-0.05, 0) is 37.3 Å². The van der Waals surface area contributed by atoms with Crippen molar-refractivity contribution in [1.29, 1.82) is 0 Å². The third-order valence-corrected chi connectivity index (χ3v) is 6.42. The Hall–Kier alpha value is -4.44. The van der Waals surface area contributed by atoms with Crippen LogP contribution in [0.25, 0.3) is 16.9 Å². The van der Waals surface area contributed by atoms with E-state index in [1.807, 2.05) is 31.2 Å². The van der Waals surface area contributed by atoms with Gasteiger partial charge in [0.25, 0.3) is 5.69 Å². The lowest BCUT2D eigenvalue weighted by Gasteiger charge is -2.09. The molecule has 0 fully saturated rings. The first kappa shape index (κ1) is 24.7. The third kappa shape index (κ3) is 4.84. The van der Waals surface area contributed by atoms with E-state index in [2.05, 4.69) is 5.10 Å². The summed E-state index contributed by atoms with van der Waals surface area (Å²) in [6.07, 6.45) is 0. The number of hydrogen-bond donors (Lipinski definition) is 0. The third-order valence-electron chi connectivity index (χ3n) is 5.33. The van der Waals surface area contributed by atoms with E-state index >= 15 is 0 Å². The summed E-state index contributed by atoms with van der Waals surface area (Å²) in [7, 11) is 2.37. The molecule has 0 amide bonds. The Bertz CT molecular complexity index is 1450. The van der Waals surface area contributed by atoms with E-state index in [0.717, 1.165) is 10.5 Å². The highest BCUT2D eigenvalue weighted by Gasteiger charge is 2.33. The number of methoxy groups -OCH3 is 2.